The average Bonchev–Trinajstić information content (AvgIpc) is 3.39. The van der Waals surface area contributed by atoms with Crippen LogP contribution in [0.2, 0.25) is 0 Å². The molecule has 3 aromatic rings. The highest BCUT2D eigenvalue weighted by molar-refractivity contribution is 7.89. The SMILES string of the molecule is O=C(Nc1ccccc1C(=O)NCc1ccc(S(=O)(=O)N2CCOCC2)cc1)c1cccs1. The Morgan fingerprint density at radius 3 is 2.36 bits per heavy atom. The molecule has 1 saturated heterocycles. The first-order valence-corrected chi connectivity index (χ1v) is 12.7. The van der Waals surface area contributed by atoms with Crippen LogP contribution >= 0.6 is 11.3 Å². The van der Waals surface area contributed by atoms with Gasteiger partial charge in [0.15, 0.2) is 0 Å². The molecule has 0 aliphatic carbocycles. The molecule has 0 saturated carbocycles. The number of ether oxygens (including phenoxy) is 1. The van der Waals surface area contributed by atoms with Crippen molar-refractivity contribution in [3.63, 3.8) is 0 Å². The van der Waals surface area contributed by atoms with Crippen molar-refractivity contribution in [3.8, 4) is 0 Å². The quantitative estimate of drug-likeness (QED) is 0.535. The zero-order chi connectivity index (χ0) is 23.3. The lowest BCUT2D eigenvalue weighted by Gasteiger charge is -2.26. The molecule has 8 nitrogen and oxygen atoms in total. The highest BCUT2D eigenvalue weighted by Gasteiger charge is 2.26. The van der Waals surface area contributed by atoms with Crippen molar-refractivity contribution in [2.75, 3.05) is 31.6 Å². The minimum absolute atomic E-state index is 0.209. The summed E-state index contributed by atoms with van der Waals surface area (Å²) in [6.07, 6.45) is 0. The zero-order valence-corrected chi connectivity index (χ0v) is 19.3. The predicted octanol–water partition coefficient (Wildman–Crippen LogP) is 2.95. The summed E-state index contributed by atoms with van der Waals surface area (Å²) >= 11 is 1.32. The third kappa shape index (κ3) is 5.48. The zero-order valence-electron chi connectivity index (χ0n) is 17.7. The van der Waals surface area contributed by atoms with Gasteiger partial charge in [-0.1, -0.05) is 30.3 Å². The molecule has 10 heteroatoms. The van der Waals surface area contributed by atoms with Gasteiger partial charge >= 0.3 is 0 Å². The number of hydrogen-bond donors (Lipinski definition) is 2. The van der Waals surface area contributed by atoms with Crippen molar-refractivity contribution < 1.29 is 22.7 Å². The van der Waals surface area contributed by atoms with Crippen LogP contribution in [-0.2, 0) is 21.3 Å². The fraction of sp³-hybridized carbons (Fsp3) is 0.217. The van der Waals surface area contributed by atoms with E-state index in [2.05, 4.69) is 10.6 Å². The molecule has 0 bridgehead atoms. The monoisotopic (exact) mass is 485 g/mol. The molecule has 2 amide bonds. The van der Waals surface area contributed by atoms with Crippen LogP contribution in [0.4, 0.5) is 5.69 Å². The Kier molecular flexibility index (Phi) is 7.19. The van der Waals surface area contributed by atoms with Gasteiger partial charge in [-0.15, -0.1) is 11.3 Å². The van der Waals surface area contributed by atoms with Gasteiger partial charge < -0.3 is 15.4 Å². The molecule has 2 heterocycles. The third-order valence-corrected chi connectivity index (χ3v) is 7.93. The lowest BCUT2D eigenvalue weighted by Crippen LogP contribution is -2.40. The number of hydrogen-bond acceptors (Lipinski definition) is 6. The molecule has 33 heavy (non-hydrogen) atoms. The van der Waals surface area contributed by atoms with Gasteiger partial charge in [-0.25, -0.2) is 8.42 Å². The van der Waals surface area contributed by atoms with E-state index in [-0.39, 0.29) is 23.3 Å². The molecule has 4 rings (SSSR count). The van der Waals surface area contributed by atoms with E-state index < -0.39 is 10.0 Å². The molecular formula is C23H23N3O5S2. The number of sulfonamides is 1. The van der Waals surface area contributed by atoms with Gasteiger partial charge in [0.25, 0.3) is 11.8 Å². The summed E-state index contributed by atoms with van der Waals surface area (Å²) in [6.45, 7) is 1.66. The van der Waals surface area contributed by atoms with Crippen LogP contribution in [0.25, 0.3) is 0 Å². The lowest BCUT2D eigenvalue weighted by molar-refractivity contribution is 0.0730. The standard InChI is InChI=1S/C23H23N3O5S2/c27-22(19-4-1-2-5-20(19)25-23(28)21-6-3-15-32-21)24-16-17-7-9-18(10-8-17)33(29,30)26-11-13-31-14-12-26/h1-10,15H,11-14,16H2,(H,24,27)(H,25,28). The Bertz CT molecular complexity index is 1220. The summed E-state index contributed by atoms with van der Waals surface area (Å²) in [5.41, 5.74) is 1.51. The fourth-order valence-corrected chi connectivity index (χ4v) is 5.40. The second-order valence-corrected chi connectivity index (χ2v) is 10.2. The van der Waals surface area contributed by atoms with Crippen molar-refractivity contribution in [3.05, 3.63) is 82.0 Å². The molecule has 172 valence electrons. The molecule has 2 N–H and O–H groups in total. The van der Waals surface area contributed by atoms with Gasteiger partial charge in [0.05, 0.1) is 34.2 Å². The number of amides is 2. The summed E-state index contributed by atoms with van der Waals surface area (Å²) < 4.78 is 32.1. The Morgan fingerprint density at radius 2 is 1.67 bits per heavy atom. The number of thiophene rings is 1. The molecule has 0 unspecified atom stereocenters. The van der Waals surface area contributed by atoms with Crippen molar-refractivity contribution in [1.82, 2.24) is 9.62 Å². The predicted molar refractivity (Wildman–Crippen MR) is 126 cm³/mol. The summed E-state index contributed by atoms with van der Waals surface area (Å²) in [7, 11) is -3.56. The van der Waals surface area contributed by atoms with Crippen LogP contribution in [0, 0.1) is 0 Å². The third-order valence-electron chi connectivity index (χ3n) is 5.15. The number of para-hydroxylation sites is 1. The number of anilines is 1. The van der Waals surface area contributed by atoms with Crippen molar-refractivity contribution in [2.24, 2.45) is 0 Å². The van der Waals surface area contributed by atoms with E-state index in [1.807, 2.05) is 5.38 Å². The maximum atomic E-state index is 12.8. The number of carbonyl (C=O) groups is 2. The van der Waals surface area contributed by atoms with Crippen molar-refractivity contribution in [2.45, 2.75) is 11.4 Å². The van der Waals surface area contributed by atoms with Gasteiger partial charge in [-0.3, -0.25) is 9.59 Å². The van der Waals surface area contributed by atoms with E-state index in [0.717, 1.165) is 5.56 Å². The highest BCUT2D eigenvalue weighted by Crippen LogP contribution is 2.20. The Morgan fingerprint density at radius 1 is 0.939 bits per heavy atom. The topological polar surface area (TPSA) is 105 Å². The van der Waals surface area contributed by atoms with Crippen LogP contribution in [0.3, 0.4) is 0 Å². The van der Waals surface area contributed by atoms with Crippen LogP contribution in [-0.4, -0.2) is 50.8 Å². The van der Waals surface area contributed by atoms with Crippen LogP contribution in [0.5, 0.6) is 0 Å². The summed E-state index contributed by atoms with van der Waals surface area (Å²) in [5.74, 6) is -0.621. The largest absolute Gasteiger partial charge is 0.379 e. The van der Waals surface area contributed by atoms with Gasteiger partial charge in [-0.2, -0.15) is 4.31 Å². The first-order chi connectivity index (χ1) is 15.9. The fourth-order valence-electron chi connectivity index (χ4n) is 3.37. The maximum absolute atomic E-state index is 12.8. The van der Waals surface area contributed by atoms with E-state index in [1.165, 1.54) is 15.6 Å². The summed E-state index contributed by atoms with van der Waals surface area (Å²) in [5, 5.41) is 7.41. The Balaban J connectivity index is 1.40. The molecule has 0 radical (unpaired) electrons. The number of nitrogens with one attached hydrogen (secondary N) is 2. The van der Waals surface area contributed by atoms with Crippen molar-refractivity contribution >= 4 is 38.9 Å². The number of carbonyl (C=O) groups excluding carboxylic acids is 2. The van der Waals surface area contributed by atoms with E-state index in [4.69, 9.17) is 4.74 Å². The number of rotatable bonds is 7. The summed E-state index contributed by atoms with van der Waals surface area (Å²) in [6, 6.07) is 16.7. The smallest absolute Gasteiger partial charge is 0.265 e. The van der Waals surface area contributed by atoms with E-state index in [0.29, 0.717) is 42.4 Å². The highest BCUT2D eigenvalue weighted by atomic mass is 32.2. The van der Waals surface area contributed by atoms with Crippen molar-refractivity contribution in [1.29, 1.82) is 0 Å². The first kappa shape index (κ1) is 23.1. The Hall–Kier alpha value is -3.05. The molecule has 0 spiro atoms. The Labute approximate surface area is 196 Å². The minimum atomic E-state index is -3.56. The molecule has 1 aliphatic heterocycles. The molecule has 1 fully saturated rings. The molecular weight excluding hydrogens is 462 g/mol. The van der Waals surface area contributed by atoms with Gasteiger partial charge in [0, 0.05) is 19.6 Å². The molecule has 0 atom stereocenters. The lowest BCUT2D eigenvalue weighted by atomic mass is 10.1. The van der Waals surface area contributed by atoms with Crippen LogP contribution < -0.4 is 10.6 Å². The molecule has 1 aromatic heterocycles. The maximum Gasteiger partial charge on any atom is 0.265 e. The van der Waals surface area contributed by atoms with Gasteiger partial charge in [0.1, 0.15) is 0 Å². The second kappa shape index (κ2) is 10.3. The summed E-state index contributed by atoms with van der Waals surface area (Å²) in [4.78, 5) is 25.9. The van der Waals surface area contributed by atoms with Crippen LogP contribution in [0.1, 0.15) is 25.6 Å². The van der Waals surface area contributed by atoms with Gasteiger partial charge in [-0.05, 0) is 41.3 Å². The molecule has 1 aliphatic rings. The van der Waals surface area contributed by atoms with Crippen LogP contribution in [0.15, 0.2) is 70.9 Å². The average molecular weight is 486 g/mol. The van der Waals surface area contributed by atoms with E-state index in [1.54, 1.807) is 60.7 Å². The molecule has 2 aromatic carbocycles. The van der Waals surface area contributed by atoms with E-state index in [9.17, 15) is 18.0 Å². The second-order valence-electron chi connectivity index (χ2n) is 7.32. The van der Waals surface area contributed by atoms with Gasteiger partial charge in [0.2, 0.25) is 10.0 Å². The van der Waals surface area contributed by atoms with E-state index >= 15 is 0 Å². The number of benzene rings is 2. The normalized spacial score (nSPS) is 14.5. The minimum Gasteiger partial charge on any atom is -0.379 e. The number of nitrogens with zero attached hydrogens (tertiary/aromatic N) is 1. The first-order valence-electron chi connectivity index (χ1n) is 10.3. The number of morpholine rings is 1.